The second kappa shape index (κ2) is 17.7. The Hall–Kier alpha value is -5.10. The molecule has 0 unspecified atom stereocenters. The van der Waals surface area contributed by atoms with Crippen LogP contribution in [0.15, 0.2) is 221 Å². The Kier molecular flexibility index (Phi) is 12.0. The molecule has 0 fully saturated rings. The van der Waals surface area contributed by atoms with E-state index in [-0.39, 0.29) is 5.41 Å². The molecule has 0 spiro atoms. The zero-order valence-electron chi connectivity index (χ0n) is 35.0. The molecule has 304 valence electrons. The summed E-state index contributed by atoms with van der Waals surface area (Å²) in [6.45, 7) is 1.68. The monoisotopic (exact) mass is 922 g/mol. The molecular formula is C57H52Br2N2. The largest absolute Gasteiger partial charge is 0.289 e. The molecule has 0 aliphatic heterocycles. The van der Waals surface area contributed by atoms with Gasteiger partial charge in [-0.15, -0.1) is 0 Å². The Balaban J connectivity index is 1.20. The first kappa shape index (κ1) is 41.3. The van der Waals surface area contributed by atoms with Crippen molar-refractivity contribution in [2.45, 2.75) is 42.2 Å². The Labute approximate surface area is 379 Å². The Morgan fingerprint density at radius 1 is 0.459 bits per heavy atom. The zero-order chi connectivity index (χ0) is 41.9. The number of halogens is 2. The molecule has 0 amide bonds. The standard InChI is InChI=1S/C57H52Br2N2/c1-60(56(43-21-9-3-10-22-43,44-23-11-4-12-24-44)45-25-13-5-14-26-45)39-37-55(53-41-49(58)33-35-51(53)52-36-34-50(59)42-54(52)55)38-40-61(2)57(46-27-15-6-16-28-46,47-29-17-7-18-30-47)48-31-19-8-20-32-48/h3-7,9-19,21-36,41-42H,8,20,37-40H2,1-2H3. The number of nitrogens with zero attached hydrogens (tertiary/aromatic N) is 2. The number of likely N-dealkylation sites (N-methyl/N-ethyl adjacent to an activating group) is 1. The van der Waals surface area contributed by atoms with Crippen molar-refractivity contribution in [3.05, 3.63) is 260 Å². The van der Waals surface area contributed by atoms with E-state index in [0.717, 1.165) is 47.7 Å². The molecule has 0 heterocycles. The lowest BCUT2D eigenvalue weighted by molar-refractivity contribution is 0.161. The predicted molar refractivity (Wildman–Crippen MR) is 262 cm³/mol. The van der Waals surface area contributed by atoms with E-state index in [1.165, 1.54) is 55.6 Å². The van der Waals surface area contributed by atoms with E-state index in [4.69, 9.17) is 0 Å². The first-order valence-electron chi connectivity index (χ1n) is 21.6. The molecule has 0 saturated heterocycles. The summed E-state index contributed by atoms with van der Waals surface area (Å²) in [5.41, 5.74) is 11.8. The van der Waals surface area contributed by atoms with E-state index in [2.05, 4.69) is 262 Å². The van der Waals surface area contributed by atoms with Crippen molar-refractivity contribution in [2.24, 2.45) is 0 Å². The quantitative estimate of drug-likeness (QED) is 0.100. The van der Waals surface area contributed by atoms with Gasteiger partial charge in [-0.25, -0.2) is 0 Å². The lowest BCUT2D eigenvalue weighted by atomic mass is 9.70. The number of allylic oxidation sites excluding steroid dienone is 2. The molecule has 9 rings (SSSR count). The van der Waals surface area contributed by atoms with E-state index in [9.17, 15) is 0 Å². The van der Waals surface area contributed by atoms with Crippen LogP contribution in [0.3, 0.4) is 0 Å². The van der Waals surface area contributed by atoms with Crippen LogP contribution in [0.1, 0.15) is 64.6 Å². The average Bonchev–Trinajstić information content (AvgIpc) is 3.57. The van der Waals surface area contributed by atoms with Gasteiger partial charge in [-0.3, -0.25) is 9.80 Å². The Bertz CT molecular complexity index is 2450. The fourth-order valence-electron chi connectivity index (χ4n) is 10.8. The fraction of sp³-hybridized carbons (Fsp3) is 0.193. The summed E-state index contributed by atoms with van der Waals surface area (Å²) in [5, 5.41) is 0. The lowest BCUT2D eigenvalue weighted by Crippen LogP contribution is -2.49. The number of hydrogen-bond donors (Lipinski definition) is 0. The highest BCUT2D eigenvalue weighted by atomic mass is 79.9. The van der Waals surface area contributed by atoms with E-state index >= 15 is 0 Å². The van der Waals surface area contributed by atoms with Crippen molar-refractivity contribution >= 4 is 31.9 Å². The van der Waals surface area contributed by atoms with E-state index < -0.39 is 11.1 Å². The SMILES string of the molecule is CN(CCC1(CCN(C)C(c2ccccc2)(c2ccccc2)c2ccccc2)c2cc(Br)ccc2-c2ccc(Br)cc21)C(C1=CCCC=C1)(c1ccccc1)c1ccccc1. The molecule has 4 heteroatoms. The third-order valence-electron chi connectivity index (χ3n) is 13.5. The maximum absolute atomic E-state index is 3.96. The molecular weight excluding hydrogens is 872 g/mol. The van der Waals surface area contributed by atoms with Crippen LogP contribution in [0.4, 0.5) is 0 Å². The smallest absolute Gasteiger partial charge is 0.0970 e. The highest BCUT2D eigenvalue weighted by Gasteiger charge is 2.48. The molecule has 0 bridgehead atoms. The Morgan fingerprint density at radius 2 is 0.820 bits per heavy atom. The predicted octanol–water partition coefficient (Wildman–Crippen LogP) is 14.3. The van der Waals surface area contributed by atoms with Gasteiger partial charge >= 0.3 is 0 Å². The van der Waals surface area contributed by atoms with Crippen LogP contribution in [0.5, 0.6) is 0 Å². The minimum Gasteiger partial charge on any atom is -0.289 e. The molecule has 0 radical (unpaired) electrons. The Morgan fingerprint density at radius 3 is 1.18 bits per heavy atom. The fourth-order valence-corrected chi connectivity index (χ4v) is 11.5. The van der Waals surface area contributed by atoms with Crippen LogP contribution in [0.25, 0.3) is 11.1 Å². The van der Waals surface area contributed by atoms with Crippen LogP contribution in [-0.4, -0.2) is 37.0 Å². The highest BCUT2D eigenvalue weighted by Crippen LogP contribution is 2.55. The minimum absolute atomic E-state index is 0.313. The lowest BCUT2D eigenvalue weighted by Gasteiger charge is -2.47. The summed E-state index contributed by atoms with van der Waals surface area (Å²) < 4.78 is 2.22. The van der Waals surface area contributed by atoms with Gasteiger partial charge in [0.05, 0.1) is 11.1 Å². The van der Waals surface area contributed by atoms with Gasteiger partial charge in [-0.05, 0) is 120 Å². The van der Waals surface area contributed by atoms with Crippen LogP contribution < -0.4 is 0 Å². The van der Waals surface area contributed by atoms with Crippen LogP contribution in [-0.2, 0) is 16.5 Å². The maximum Gasteiger partial charge on any atom is 0.0970 e. The maximum atomic E-state index is 3.96. The van der Waals surface area contributed by atoms with Gasteiger partial charge in [0.1, 0.15) is 0 Å². The third-order valence-corrected chi connectivity index (χ3v) is 14.5. The zero-order valence-corrected chi connectivity index (χ0v) is 38.2. The molecule has 2 nitrogen and oxygen atoms in total. The van der Waals surface area contributed by atoms with Crippen molar-refractivity contribution in [2.75, 3.05) is 27.2 Å². The van der Waals surface area contributed by atoms with Gasteiger partial charge < -0.3 is 0 Å². The van der Waals surface area contributed by atoms with Crippen LogP contribution in [0, 0.1) is 0 Å². The van der Waals surface area contributed by atoms with Crippen LogP contribution >= 0.6 is 31.9 Å². The third kappa shape index (κ3) is 7.32. The normalized spacial score (nSPS) is 14.5. The first-order valence-corrected chi connectivity index (χ1v) is 23.2. The summed E-state index contributed by atoms with van der Waals surface area (Å²) in [7, 11) is 4.69. The van der Waals surface area contributed by atoms with Crippen molar-refractivity contribution in [1.29, 1.82) is 0 Å². The minimum atomic E-state index is -0.532. The average molecular weight is 925 g/mol. The van der Waals surface area contributed by atoms with Crippen molar-refractivity contribution < 1.29 is 0 Å². The molecule has 0 N–H and O–H groups in total. The second-order valence-corrected chi connectivity index (χ2v) is 18.5. The first-order chi connectivity index (χ1) is 29.9. The molecule has 0 aromatic heterocycles. The van der Waals surface area contributed by atoms with Gasteiger partial charge in [0.15, 0.2) is 0 Å². The number of fused-ring (bicyclic) bond motifs is 3. The van der Waals surface area contributed by atoms with Gasteiger partial charge in [-0.1, -0.05) is 214 Å². The molecule has 7 aromatic carbocycles. The summed E-state index contributed by atoms with van der Waals surface area (Å²) in [4.78, 5) is 5.28. The molecule has 0 saturated carbocycles. The molecule has 2 aliphatic rings. The van der Waals surface area contributed by atoms with Gasteiger partial charge in [-0.2, -0.15) is 0 Å². The van der Waals surface area contributed by atoms with Crippen molar-refractivity contribution in [3.8, 4) is 11.1 Å². The van der Waals surface area contributed by atoms with Gasteiger partial charge in [0, 0.05) is 27.4 Å². The van der Waals surface area contributed by atoms with Gasteiger partial charge in [0.2, 0.25) is 0 Å². The summed E-state index contributed by atoms with van der Waals surface area (Å²) in [6, 6.07) is 69.6. The van der Waals surface area contributed by atoms with E-state index in [1.807, 2.05) is 0 Å². The van der Waals surface area contributed by atoms with Crippen LogP contribution in [0.2, 0.25) is 0 Å². The second-order valence-electron chi connectivity index (χ2n) is 16.7. The molecule has 7 aromatic rings. The van der Waals surface area contributed by atoms with E-state index in [0.29, 0.717) is 0 Å². The van der Waals surface area contributed by atoms with Gasteiger partial charge in [0.25, 0.3) is 0 Å². The van der Waals surface area contributed by atoms with Crippen molar-refractivity contribution in [1.82, 2.24) is 9.80 Å². The molecule has 0 atom stereocenters. The topological polar surface area (TPSA) is 6.48 Å². The number of benzene rings is 7. The summed E-state index contributed by atoms with van der Waals surface area (Å²) in [5.74, 6) is 0. The molecule has 61 heavy (non-hydrogen) atoms. The van der Waals surface area contributed by atoms with Crippen molar-refractivity contribution in [3.63, 3.8) is 0 Å². The summed E-state index contributed by atoms with van der Waals surface area (Å²) in [6.07, 6.45) is 11.1. The number of hydrogen-bond acceptors (Lipinski definition) is 2. The number of rotatable bonds is 14. The highest BCUT2D eigenvalue weighted by molar-refractivity contribution is 9.10. The summed E-state index contributed by atoms with van der Waals surface area (Å²) >= 11 is 7.92. The van der Waals surface area contributed by atoms with E-state index in [1.54, 1.807) is 0 Å². The molecule has 2 aliphatic carbocycles.